The number of hydrogen-bond donors (Lipinski definition) is 1. The Labute approximate surface area is 145 Å². The van der Waals surface area contributed by atoms with E-state index in [1.54, 1.807) is 6.20 Å². The van der Waals surface area contributed by atoms with Crippen molar-refractivity contribution < 1.29 is 4.74 Å². The predicted octanol–water partition coefficient (Wildman–Crippen LogP) is 3.26. The number of nitrogens with one attached hydrogen (secondary N) is 1. The van der Waals surface area contributed by atoms with E-state index in [9.17, 15) is 4.79 Å². The van der Waals surface area contributed by atoms with Crippen molar-refractivity contribution in [3.8, 4) is 5.69 Å². The highest BCUT2D eigenvalue weighted by Crippen LogP contribution is 2.38. The first kappa shape index (κ1) is 15.7. The van der Waals surface area contributed by atoms with Crippen LogP contribution in [0.25, 0.3) is 5.69 Å². The number of halogens is 1. The maximum Gasteiger partial charge on any atom is 0.292 e. The van der Waals surface area contributed by atoms with Gasteiger partial charge in [0.25, 0.3) is 5.56 Å². The molecular weight excluding hydrogens is 326 g/mol. The summed E-state index contributed by atoms with van der Waals surface area (Å²) in [6.45, 7) is 0.755. The van der Waals surface area contributed by atoms with Crippen LogP contribution in [0, 0.1) is 5.92 Å². The fourth-order valence-electron chi connectivity index (χ4n) is 3.26. The molecule has 0 radical (unpaired) electrons. The quantitative estimate of drug-likeness (QED) is 0.924. The van der Waals surface area contributed by atoms with Gasteiger partial charge >= 0.3 is 0 Å². The summed E-state index contributed by atoms with van der Waals surface area (Å²) in [5, 5.41) is 7.84. The highest BCUT2D eigenvalue weighted by Gasteiger charge is 2.36. The fourth-order valence-corrected chi connectivity index (χ4v) is 3.45. The van der Waals surface area contributed by atoms with Gasteiger partial charge in [0.05, 0.1) is 23.7 Å². The first-order valence-electron chi connectivity index (χ1n) is 8.44. The second kappa shape index (κ2) is 6.57. The van der Waals surface area contributed by atoms with Crippen LogP contribution in [-0.2, 0) is 4.74 Å². The molecule has 2 heterocycles. The number of nitrogens with zero attached hydrogens (tertiary/aromatic N) is 2. The van der Waals surface area contributed by atoms with Gasteiger partial charge in [-0.15, -0.1) is 0 Å². The molecule has 126 valence electrons. The van der Waals surface area contributed by atoms with Gasteiger partial charge in [0.2, 0.25) is 0 Å². The molecule has 5 nitrogen and oxygen atoms in total. The van der Waals surface area contributed by atoms with Crippen LogP contribution in [0.15, 0.2) is 41.3 Å². The van der Waals surface area contributed by atoms with E-state index in [2.05, 4.69) is 10.4 Å². The minimum atomic E-state index is -0.307. The molecule has 1 N–H and O–H groups in total. The summed E-state index contributed by atoms with van der Waals surface area (Å²) in [6.07, 6.45) is 6.40. The molecule has 1 saturated heterocycles. The Morgan fingerprint density at radius 1 is 1.21 bits per heavy atom. The molecule has 6 heteroatoms. The van der Waals surface area contributed by atoms with Crippen LogP contribution in [0.2, 0.25) is 5.02 Å². The van der Waals surface area contributed by atoms with Crippen LogP contribution < -0.4 is 10.9 Å². The van der Waals surface area contributed by atoms with E-state index >= 15 is 0 Å². The number of rotatable bonds is 4. The lowest BCUT2D eigenvalue weighted by atomic mass is 10.00. The first-order chi connectivity index (χ1) is 11.7. The Morgan fingerprint density at radius 2 is 2.00 bits per heavy atom. The van der Waals surface area contributed by atoms with Gasteiger partial charge in [0.15, 0.2) is 0 Å². The van der Waals surface area contributed by atoms with Crippen LogP contribution in [-0.4, -0.2) is 28.5 Å². The normalized spacial score (nSPS) is 23.9. The first-order valence-corrected chi connectivity index (χ1v) is 8.81. The highest BCUT2D eigenvalue weighted by atomic mass is 35.5. The topological polar surface area (TPSA) is 56.1 Å². The van der Waals surface area contributed by atoms with E-state index in [4.69, 9.17) is 16.3 Å². The molecular formula is C18H20ClN3O2. The van der Waals surface area contributed by atoms with Crippen molar-refractivity contribution in [2.45, 2.75) is 37.8 Å². The molecule has 0 spiro atoms. The van der Waals surface area contributed by atoms with Crippen molar-refractivity contribution in [3.63, 3.8) is 0 Å². The van der Waals surface area contributed by atoms with Crippen molar-refractivity contribution >= 4 is 17.3 Å². The zero-order valence-corrected chi connectivity index (χ0v) is 14.1. The van der Waals surface area contributed by atoms with Crippen molar-refractivity contribution in [1.82, 2.24) is 9.78 Å². The van der Waals surface area contributed by atoms with E-state index in [-0.39, 0.29) is 16.6 Å². The Hall–Kier alpha value is -1.85. The second-order valence-corrected chi connectivity index (χ2v) is 6.92. The monoisotopic (exact) mass is 345 g/mol. The van der Waals surface area contributed by atoms with E-state index in [1.165, 1.54) is 17.5 Å². The molecule has 0 amide bonds. The Morgan fingerprint density at radius 3 is 2.75 bits per heavy atom. The molecule has 24 heavy (non-hydrogen) atoms. The summed E-state index contributed by atoms with van der Waals surface area (Å²) in [7, 11) is 0. The summed E-state index contributed by atoms with van der Waals surface area (Å²) in [4.78, 5) is 12.5. The third kappa shape index (κ3) is 3.19. The van der Waals surface area contributed by atoms with Gasteiger partial charge < -0.3 is 10.1 Å². The van der Waals surface area contributed by atoms with E-state index in [0.29, 0.717) is 23.4 Å². The smallest absolute Gasteiger partial charge is 0.292 e. The molecule has 4 rings (SSSR count). The summed E-state index contributed by atoms with van der Waals surface area (Å²) in [6, 6.07) is 9.56. The predicted molar refractivity (Wildman–Crippen MR) is 94.0 cm³/mol. The summed E-state index contributed by atoms with van der Waals surface area (Å²) in [5.41, 5.74) is 1.00. The van der Waals surface area contributed by atoms with Crippen molar-refractivity contribution in [3.05, 3.63) is 51.9 Å². The summed E-state index contributed by atoms with van der Waals surface area (Å²) >= 11 is 6.31. The maximum absolute atomic E-state index is 12.5. The van der Waals surface area contributed by atoms with Crippen LogP contribution in [0.1, 0.15) is 25.7 Å². The van der Waals surface area contributed by atoms with Crippen molar-refractivity contribution in [2.75, 3.05) is 11.9 Å². The Balaban J connectivity index is 1.54. The zero-order chi connectivity index (χ0) is 16.5. The zero-order valence-electron chi connectivity index (χ0n) is 13.3. The number of aromatic nitrogens is 2. The number of hydrogen-bond acceptors (Lipinski definition) is 4. The van der Waals surface area contributed by atoms with E-state index in [1.807, 2.05) is 30.3 Å². The third-order valence-electron chi connectivity index (χ3n) is 4.74. The number of anilines is 1. The summed E-state index contributed by atoms with van der Waals surface area (Å²) < 4.78 is 7.17. The van der Waals surface area contributed by atoms with E-state index in [0.717, 1.165) is 19.4 Å². The van der Waals surface area contributed by atoms with Crippen LogP contribution >= 0.6 is 11.6 Å². The molecule has 2 unspecified atom stereocenters. The van der Waals surface area contributed by atoms with Gasteiger partial charge in [-0.25, -0.2) is 0 Å². The van der Waals surface area contributed by atoms with E-state index < -0.39 is 0 Å². The molecule has 2 atom stereocenters. The minimum absolute atomic E-state index is 0.184. The molecule has 2 fully saturated rings. The lowest BCUT2D eigenvalue weighted by Crippen LogP contribution is -2.35. The molecule has 1 aliphatic heterocycles. The molecule has 2 aromatic rings. The van der Waals surface area contributed by atoms with Gasteiger partial charge in [-0.2, -0.15) is 9.78 Å². The number of ether oxygens (including phenoxy) is 1. The Bertz CT molecular complexity index is 774. The van der Waals surface area contributed by atoms with Crippen LogP contribution in [0.4, 0.5) is 5.69 Å². The van der Waals surface area contributed by atoms with Gasteiger partial charge in [-0.3, -0.25) is 4.79 Å². The van der Waals surface area contributed by atoms with Gasteiger partial charge in [-0.1, -0.05) is 29.8 Å². The molecule has 1 aromatic heterocycles. The molecule has 2 aliphatic rings. The fraction of sp³-hybridized carbons (Fsp3) is 0.444. The van der Waals surface area contributed by atoms with Crippen molar-refractivity contribution in [1.29, 1.82) is 0 Å². The average molecular weight is 346 g/mol. The van der Waals surface area contributed by atoms with Gasteiger partial charge in [0.1, 0.15) is 5.02 Å². The molecule has 0 bridgehead atoms. The van der Waals surface area contributed by atoms with Crippen molar-refractivity contribution in [2.24, 2.45) is 5.92 Å². The second-order valence-electron chi connectivity index (χ2n) is 6.54. The largest absolute Gasteiger partial charge is 0.379 e. The molecule has 1 aromatic carbocycles. The number of benzene rings is 1. The minimum Gasteiger partial charge on any atom is -0.379 e. The van der Waals surface area contributed by atoms with Crippen LogP contribution in [0.5, 0.6) is 0 Å². The van der Waals surface area contributed by atoms with Gasteiger partial charge in [0, 0.05) is 12.6 Å². The maximum atomic E-state index is 12.5. The van der Waals surface area contributed by atoms with Gasteiger partial charge in [-0.05, 0) is 43.7 Å². The average Bonchev–Trinajstić information content (AvgIpc) is 3.45. The van der Waals surface area contributed by atoms with Crippen LogP contribution in [0.3, 0.4) is 0 Å². The molecule has 1 aliphatic carbocycles. The number of para-hydroxylation sites is 1. The lowest BCUT2D eigenvalue weighted by Gasteiger charge is -2.31. The SMILES string of the molecule is O=c1c(Cl)c(NC2CCOC(C3CC3)C2)cnn1-c1ccccc1. The summed E-state index contributed by atoms with van der Waals surface area (Å²) in [5.74, 6) is 0.717. The Kier molecular flexibility index (Phi) is 4.29. The third-order valence-corrected chi connectivity index (χ3v) is 5.11. The lowest BCUT2D eigenvalue weighted by molar-refractivity contribution is -0.00219. The highest BCUT2D eigenvalue weighted by molar-refractivity contribution is 6.32. The molecule has 1 saturated carbocycles. The standard InChI is InChI=1S/C18H20ClN3O2/c19-17-15(21-13-8-9-24-16(10-13)12-6-7-12)11-20-22(18(17)23)14-4-2-1-3-5-14/h1-5,11-13,16,21H,6-10H2.